The fourth-order valence-corrected chi connectivity index (χ4v) is 2.70. The zero-order valence-electron chi connectivity index (χ0n) is 15.3. The summed E-state index contributed by atoms with van der Waals surface area (Å²) in [5.74, 6) is -2.17. The van der Waals surface area contributed by atoms with Gasteiger partial charge in [0.2, 0.25) is 0 Å². The van der Waals surface area contributed by atoms with Crippen LogP contribution in [-0.4, -0.2) is 32.4 Å². The molecule has 1 amide bonds. The number of aromatic hydroxyl groups is 1. The van der Waals surface area contributed by atoms with Crippen LogP contribution >= 0.6 is 0 Å². The van der Waals surface area contributed by atoms with Crippen molar-refractivity contribution in [2.45, 2.75) is 19.4 Å². The summed E-state index contributed by atoms with van der Waals surface area (Å²) < 4.78 is 28.1. The first-order valence-corrected chi connectivity index (χ1v) is 8.49. The Bertz CT molecular complexity index is 1010. The number of nitrogens with one attached hydrogen (secondary N) is 1. The number of hydrogen-bond donors (Lipinski definition) is 3. The summed E-state index contributed by atoms with van der Waals surface area (Å²) in [7, 11) is 0. The summed E-state index contributed by atoms with van der Waals surface area (Å²) in [6.07, 6.45) is 1.13. The first-order chi connectivity index (χ1) is 13.2. The largest absolute Gasteiger partial charge is 0.504 e. The summed E-state index contributed by atoms with van der Waals surface area (Å²) in [6, 6.07) is 9.62. The molecule has 1 aromatic heterocycles. The van der Waals surface area contributed by atoms with E-state index in [9.17, 15) is 23.8 Å². The van der Waals surface area contributed by atoms with Gasteiger partial charge in [-0.15, -0.1) is 0 Å². The van der Waals surface area contributed by atoms with Crippen LogP contribution in [0.4, 0.5) is 8.78 Å². The third-order valence-corrected chi connectivity index (χ3v) is 4.32. The third-order valence-electron chi connectivity index (χ3n) is 4.32. The summed E-state index contributed by atoms with van der Waals surface area (Å²) in [6.45, 7) is 3.03. The quantitative estimate of drug-likeness (QED) is 0.628. The van der Waals surface area contributed by atoms with Gasteiger partial charge in [0, 0.05) is 0 Å². The van der Waals surface area contributed by atoms with E-state index in [4.69, 9.17) is 0 Å². The molecule has 28 heavy (non-hydrogen) atoms. The first kappa shape index (κ1) is 19.5. The minimum absolute atomic E-state index is 0.0904. The van der Waals surface area contributed by atoms with E-state index in [1.54, 1.807) is 13.0 Å². The first-order valence-electron chi connectivity index (χ1n) is 8.49. The van der Waals surface area contributed by atoms with Gasteiger partial charge in [-0.05, 0) is 49.2 Å². The molecule has 146 valence electrons. The molecule has 3 aromatic rings. The zero-order valence-corrected chi connectivity index (χ0v) is 15.3. The van der Waals surface area contributed by atoms with Crippen LogP contribution in [0.1, 0.15) is 28.5 Å². The molecule has 0 spiro atoms. The summed E-state index contributed by atoms with van der Waals surface area (Å²) in [4.78, 5) is 12.4. The van der Waals surface area contributed by atoms with Crippen molar-refractivity contribution < 1.29 is 23.8 Å². The Hall–Kier alpha value is -3.26. The zero-order chi connectivity index (χ0) is 20.5. The molecule has 0 bridgehead atoms. The molecule has 0 aliphatic rings. The van der Waals surface area contributed by atoms with Crippen LogP contribution in [0.3, 0.4) is 0 Å². The number of aliphatic hydroxyl groups is 1. The van der Waals surface area contributed by atoms with E-state index >= 15 is 0 Å². The van der Waals surface area contributed by atoms with Crippen molar-refractivity contribution in [3.05, 3.63) is 77.1 Å². The van der Waals surface area contributed by atoms with Gasteiger partial charge in [-0.2, -0.15) is 5.10 Å². The number of hydrogen-bond acceptors (Lipinski definition) is 4. The molecule has 0 radical (unpaired) electrons. The van der Waals surface area contributed by atoms with Crippen LogP contribution in [0.5, 0.6) is 5.75 Å². The molecule has 1 heterocycles. The predicted octanol–water partition coefficient (Wildman–Crippen LogP) is 2.80. The van der Waals surface area contributed by atoms with Crippen molar-refractivity contribution in [2.24, 2.45) is 0 Å². The standard InChI is InChI=1S/C20H19F2N3O3/c1-12-3-8-15(22)16(9-12)25-10-17(26)18(24-25)19(27)23-11-20(2,28)13-4-6-14(21)7-5-13/h3-10,26,28H,11H2,1-2H3,(H,23,27). The molecule has 0 fully saturated rings. The minimum Gasteiger partial charge on any atom is -0.504 e. The molecule has 0 aliphatic heterocycles. The number of amides is 1. The molecule has 2 aromatic carbocycles. The Morgan fingerprint density at radius 2 is 1.89 bits per heavy atom. The Kier molecular flexibility index (Phi) is 5.15. The number of aryl methyl sites for hydroxylation is 1. The predicted molar refractivity (Wildman–Crippen MR) is 98.2 cm³/mol. The lowest BCUT2D eigenvalue weighted by molar-refractivity contribution is 0.0523. The summed E-state index contributed by atoms with van der Waals surface area (Å²) in [5.41, 5.74) is -0.494. The summed E-state index contributed by atoms with van der Waals surface area (Å²) >= 11 is 0. The second-order valence-electron chi connectivity index (χ2n) is 6.73. The lowest BCUT2D eigenvalue weighted by Crippen LogP contribution is -2.38. The highest BCUT2D eigenvalue weighted by atomic mass is 19.1. The van der Waals surface area contributed by atoms with E-state index in [0.717, 1.165) is 16.4 Å². The van der Waals surface area contributed by atoms with Gasteiger partial charge in [-0.3, -0.25) is 4.79 Å². The van der Waals surface area contributed by atoms with Crippen LogP contribution in [0, 0.1) is 18.6 Å². The summed E-state index contributed by atoms with van der Waals surface area (Å²) in [5, 5.41) is 27.0. The average molecular weight is 387 g/mol. The Balaban J connectivity index is 1.77. The monoisotopic (exact) mass is 387 g/mol. The van der Waals surface area contributed by atoms with Gasteiger partial charge in [-0.25, -0.2) is 13.5 Å². The van der Waals surface area contributed by atoms with Crippen molar-refractivity contribution in [1.29, 1.82) is 0 Å². The molecule has 0 saturated carbocycles. The van der Waals surface area contributed by atoms with Crippen LogP contribution < -0.4 is 5.32 Å². The van der Waals surface area contributed by atoms with Crippen molar-refractivity contribution in [2.75, 3.05) is 6.54 Å². The van der Waals surface area contributed by atoms with Gasteiger partial charge in [0.25, 0.3) is 5.91 Å². The third kappa shape index (κ3) is 4.01. The Morgan fingerprint density at radius 3 is 2.57 bits per heavy atom. The van der Waals surface area contributed by atoms with Crippen molar-refractivity contribution >= 4 is 5.91 Å². The minimum atomic E-state index is -1.47. The molecule has 3 rings (SSSR count). The van der Waals surface area contributed by atoms with Gasteiger partial charge in [-0.1, -0.05) is 18.2 Å². The highest BCUT2D eigenvalue weighted by Crippen LogP contribution is 2.23. The molecule has 0 aliphatic carbocycles. The number of halogens is 2. The molecule has 8 heteroatoms. The smallest absolute Gasteiger partial charge is 0.275 e. The van der Waals surface area contributed by atoms with Gasteiger partial charge < -0.3 is 15.5 Å². The number of carbonyl (C=O) groups excluding carboxylic acids is 1. The molecular weight excluding hydrogens is 368 g/mol. The van der Waals surface area contributed by atoms with Crippen LogP contribution in [0.2, 0.25) is 0 Å². The van der Waals surface area contributed by atoms with Crippen molar-refractivity contribution in [1.82, 2.24) is 15.1 Å². The van der Waals surface area contributed by atoms with E-state index in [1.807, 2.05) is 0 Å². The van der Waals surface area contributed by atoms with Crippen molar-refractivity contribution in [3.63, 3.8) is 0 Å². The lowest BCUT2D eigenvalue weighted by Gasteiger charge is -2.24. The molecule has 1 atom stereocenters. The van der Waals surface area contributed by atoms with Crippen molar-refractivity contribution in [3.8, 4) is 11.4 Å². The van der Waals surface area contributed by atoms with E-state index in [0.29, 0.717) is 5.56 Å². The second kappa shape index (κ2) is 7.40. The maximum Gasteiger partial charge on any atom is 0.275 e. The topological polar surface area (TPSA) is 87.4 Å². The normalized spacial score (nSPS) is 13.2. The van der Waals surface area contributed by atoms with E-state index in [1.165, 1.54) is 43.3 Å². The average Bonchev–Trinajstić information content (AvgIpc) is 3.04. The molecular formula is C20H19F2N3O3. The van der Waals surface area contributed by atoms with E-state index in [-0.39, 0.29) is 17.9 Å². The number of rotatable bonds is 5. The van der Waals surface area contributed by atoms with Crippen LogP contribution in [0.15, 0.2) is 48.7 Å². The van der Waals surface area contributed by atoms with Crippen LogP contribution in [0.25, 0.3) is 5.69 Å². The second-order valence-corrected chi connectivity index (χ2v) is 6.73. The van der Waals surface area contributed by atoms with Gasteiger partial charge in [0.15, 0.2) is 11.4 Å². The molecule has 6 nitrogen and oxygen atoms in total. The maximum absolute atomic E-state index is 14.0. The van der Waals surface area contributed by atoms with E-state index < -0.39 is 28.9 Å². The number of aromatic nitrogens is 2. The highest BCUT2D eigenvalue weighted by molar-refractivity contribution is 5.94. The highest BCUT2D eigenvalue weighted by Gasteiger charge is 2.26. The lowest BCUT2D eigenvalue weighted by atomic mass is 9.96. The molecule has 0 saturated heterocycles. The Morgan fingerprint density at radius 1 is 1.21 bits per heavy atom. The fourth-order valence-electron chi connectivity index (χ4n) is 2.70. The fraction of sp³-hybridized carbons (Fsp3) is 0.200. The number of benzene rings is 2. The van der Waals surface area contributed by atoms with Gasteiger partial charge in [0.1, 0.15) is 22.9 Å². The number of nitrogens with zero attached hydrogens (tertiary/aromatic N) is 2. The van der Waals surface area contributed by atoms with Gasteiger partial charge >= 0.3 is 0 Å². The SMILES string of the molecule is Cc1ccc(F)c(-n2cc(O)c(C(=O)NCC(C)(O)c3ccc(F)cc3)n2)c1. The maximum atomic E-state index is 14.0. The van der Waals surface area contributed by atoms with E-state index in [2.05, 4.69) is 10.4 Å². The molecule has 1 unspecified atom stereocenters. The molecule has 3 N–H and O–H groups in total. The number of carbonyl (C=O) groups is 1. The van der Waals surface area contributed by atoms with Crippen LogP contribution in [-0.2, 0) is 5.60 Å². The Labute approximate surface area is 160 Å². The van der Waals surface area contributed by atoms with Gasteiger partial charge in [0.05, 0.1) is 12.7 Å².